The van der Waals surface area contributed by atoms with Crippen molar-refractivity contribution in [2.24, 2.45) is 0 Å². The van der Waals surface area contributed by atoms with Gasteiger partial charge in [-0.1, -0.05) is 23.2 Å². The zero-order valence-electron chi connectivity index (χ0n) is 9.30. The predicted octanol–water partition coefficient (Wildman–Crippen LogP) is 2.08. The highest BCUT2D eigenvalue weighted by Crippen LogP contribution is 2.22. The van der Waals surface area contributed by atoms with Crippen LogP contribution in [-0.4, -0.2) is 30.8 Å². The maximum absolute atomic E-state index is 11.7. The van der Waals surface area contributed by atoms with Gasteiger partial charge in [-0.3, -0.25) is 9.59 Å². The molecule has 0 bridgehead atoms. The SMILES string of the molecule is O=C(CCl)NCCNC(=O)c1ccc(Cl)c(Cl)c1. The third-order valence-corrected chi connectivity index (χ3v) is 3.02. The van der Waals surface area contributed by atoms with E-state index >= 15 is 0 Å². The van der Waals surface area contributed by atoms with Crippen LogP contribution in [0.5, 0.6) is 0 Å². The number of benzene rings is 1. The molecule has 0 aliphatic carbocycles. The molecular formula is C11H11Cl3N2O2. The third-order valence-electron chi connectivity index (χ3n) is 2.04. The van der Waals surface area contributed by atoms with Crippen molar-refractivity contribution in [3.05, 3.63) is 33.8 Å². The number of nitrogens with one attached hydrogen (secondary N) is 2. The smallest absolute Gasteiger partial charge is 0.251 e. The van der Waals surface area contributed by atoms with E-state index in [1.807, 2.05) is 0 Å². The Labute approximate surface area is 120 Å². The van der Waals surface area contributed by atoms with E-state index in [1.165, 1.54) is 6.07 Å². The first kappa shape index (κ1) is 15.1. The number of carbonyl (C=O) groups is 2. The highest BCUT2D eigenvalue weighted by molar-refractivity contribution is 6.42. The lowest BCUT2D eigenvalue weighted by Crippen LogP contribution is -2.35. The van der Waals surface area contributed by atoms with Gasteiger partial charge in [0.05, 0.1) is 10.0 Å². The first-order valence-corrected chi connectivity index (χ1v) is 6.39. The van der Waals surface area contributed by atoms with Gasteiger partial charge in [0.1, 0.15) is 5.88 Å². The molecule has 0 unspecified atom stereocenters. The van der Waals surface area contributed by atoms with E-state index in [2.05, 4.69) is 10.6 Å². The topological polar surface area (TPSA) is 58.2 Å². The van der Waals surface area contributed by atoms with E-state index < -0.39 is 0 Å². The number of halogens is 3. The van der Waals surface area contributed by atoms with Crippen molar-refractivity contribution < 1.29 is 9.59 Å². The van der Waals surface area contributed by atoms with Gasteiger partial charge in [-0.15, -0.1) is 11.6 Å². The van der Waals surface area contributed by atoms with Crippen LogP contribution in [0, 0.1) is 0 Å². The van der Waals surface area contributed by atoms with Crippen molar-refractivity contribution in [2.75, 3.05) is 19.0 Å². The normalized spacial score (nSPS) is 9.94. The monoisotopic (exact) mass is 308 g/mol. The quantitative estimate of drug-likeness (QED) is 0.646. The van der Waals surface area contributed by atoms with Crippen molar-refractivity contribution in [1.82, 2.24) is 10.6 Å². The summed E-state index contributed by atoms with van der Waals surface area (Å²) in [5.41, 5.74) is 0.410. The highest BCUT2D eigenvalue weighted by atomic mass is 35.5. The van der Waals surface area contributed by atoms with E-state index in [1.54, 1.807) is 12.1 Å². The summed E-state index contributed by atoms with van der Waals surface area (Å²) in [5, 5.41) is 5.86. The molecule has 0 fully saturated rings. The van der Waals surface area contributed by atoms with Gasteiger partial charge in [0.25, 0.3) is 5.91 Å². The fraction of sp³-hybridized carbons (Fsp3) is 0.273. The standard InChI is InChI=1S/C11H11Cl3N2O2/c12-6-10(17)15-3-4-16-11(18)7-1-2-8(13)9(14)5-7/h1-2,5H,3-4,6H2,(H,15,17)(H,16,18). The van der Waals surface area contributed by atoms with Gasteiger partial charge >= 0.3 is 0 Å². The summed E-state index contributed by atoms with van der Waals surface area (Å²) >= 11 is 16.8. The zero-order valence-corrected chi connectivity index (χ0v) is 11.6. The van der Waals surface area contributed by atoms with Crippen LogP contribution in [-0.2, 0) is 4.79 Å². The molecule has 1 rings (SSSR count). The van der Waals surface area contributed by atoms with Gasteiger partial charge in [0, 0.05) is 18.7 Å². The minimum Gasteiger partial charge on any atom is -0.353 e. The van der Waals surface area contributed by atoms with Gasteiger partial charge < -0.3 is 10.6 Å². The third kappa shape index (κ3) is 4.72. The Morgan fingerprint density at radius 2 is 1.72 bits per heavy atom. The van der Waals surface area contributed by atoms with Crippen molar-refractivity contribution in [2.45, 2.75) is 0 Å². The molecule has 0 radical (unpaired) electrons. The molecule has 0 atom stereocenters. The van der Waals surface area contributed by atoms with E-state index in [-0.39, 0.29) is 17.7 Å². The molecule has 0 heterocycles. The van der Waals surface area contributed by atoms with Crippen LogP contribution >= 0.6 is 34.8 Å². The molecule has 0 aromatic heterocycles. The first-order valence-electron chi connectivity index (χ1n) is 5.10. The molecule has 0 aliphatic rings. The minimum absolute atomic E-state index is 0.0965. The van der Waals surface area contributed by atoms with Crippen LogP contribution in [0.2, 0.25) is 10.0 Å². The Balaban J connectivity index is 2.41. The lowest BCUT2D eigenvalue weighted by atomic mass is 10.2. The number of carbonyl (C=O) groups excluding carboxylic acids is 2. The summed E-state index contributed by atoms with van der Waals surface area (Å²) < 4.78 is 0. The van der Waals surface area contributed by atoms with Crippen LogP contribution < -0.4 is 10.6 Å². The molecule has 1 aromatic rings. The second kappa shape index (κ2) is 7.46. The molecule has 7 heteroatoms. The Kier molecular flexibility index (Phi) is 6.25. The van der Waals surface area contributed by atoms with Crippen LogP contribution in [0.15, 0.2) is 18.2 Å². The van der Waals surface area contributed by atoms with E-state index in [9.17, 15) is 9.59 Å². The molecule has 0 saturated heterocycles. The Morgan fingerprint density at radius 1 is 1.06 bits per heavy atom. The molecule has 18 heavy (non-hydrogen) atoms. The summed E-state index contributed by atoms with van der Waals surface area (Å²) in [6, 6.07) is 4.60. The van der Waals surface area contributed by atoms with Crippen molar-refractivity contribution >= 4 is 46.6 Å². The molecule has 4 nitrogen and oxygen atoms in total. The van der Waals surface area contributed by atoms with Gasteiger partial charge in [0.2, 0.25) is 5.91 Å². The Morgan fingerprint density at radius 3 is 2.33 bits per heavy atom. The number of alkyl halides is 1. The average molecular weight is 310 g/mol. The molecule has 2 N–H and O–H groups in total. The number of rotatable bonds is 5. The molecule has 0 spiro atoms. The fourth-order valence-electron chi connectivity index (χ4n) is 1.16. The lowest BCUT2D eigenvalue weighted by molar-refractivity contribution is -0.118. The summed E-state index contributed by atoms with van der Waals surface area (Å²) in [7, 11) is 0. The summed E-state index contributed by atoms with van der Waals surface area (Å²) in [5.74, 6) is -0.657. The summed E-state index contributed by atoms with van der Waals surface area (Å²) in [4.78, 5) is 22.5. The zero-order chi connectivity index (χ0) is 13.5. The molecule has 0 aliphatic heterocycles. The molecular weight excluding hydrogens is 298 g/mol. The lowest BCUT2D eigenvalue weighted by Gasteiger charge is -2.06. The number of hydrogen-bond acceptors (Lipinski definition) is 2. The van der Waals surface area contributed by atoms with E-state index in [0.29, 0.717) is 28.7 Å². The van der Waals surface area contributed by atoms with Crippen molar-refractivity contribution in [1.29, 1.82) is 0 Å². The summed E-state index contributed by atoms with van der Waals surface area (Å²) in [6.07, 6.45) is 0. The van der Waals surface area contributed by atoms with Gasteiger partial charge in [0.15, 0.2) is 0 Å². The predicted molar refractivity (Wildman–Crippen MR) is 72.5 cm³/mol. The average Bonchev–Trinajstić information content (AvgIpc) is 2.37. The number of amides is 2. The van der Waals surface area contributed by atoms with Gasteiger partial charge in [-0.05, 0) is 18.2 Å². The van der Waals surface area contributed by atoms with Gasteiger partial charge in [-0.2, -0.15) is 0 Å². The fourth-order valence-corrected chi connectivity index (χ4v) is 1.56. The minimum atomic E-state index is -0.284. The van der Waals surface area contributed by atoms with Crippen LogP contribution in [0.1, 0.15) is 10.4 Å². The van der Waals surface area contributed by atoms with Crippen LogP contribution in [0.4, 0.5) is 0 Å². The van der Waals surface area contributed by atoms with E-state index in [4.69, 9.17) is 34.8 Å². The maximum atomic E-state index is 11.7. The summed E-state index contributed by atoms with van der Waals surface area (Å²) in [6.45, 7) is 0.625. The van der Waals surface area contributed by atoms with E-state index in [0.717, 1.165) is 0 Å². The first-order chi connectivity index (χ1) is 8.54. The second-order valence-electron chi connectivity index (χ2n) is 3.37. The molecule has 98 valence electrons. The van der Waals surface area contributed by atoms with Crippen LogP contribution in [0.25, 0.3) is 0 Å². The molecule has 1 aromatic carbocycles. The maximum Gasteiger partial charge on any atom is 0.251 e. The van der Waals surface area contributed by atoms with Gasteiger partial charge in [-0.25, -0.2) is 0 Å². The van der Waals surface area contributed by atoms with Crippen molar-refractivity contribution in [3.63, 3.8) is 0 Å². The largest absolute Gasteiger partial charge is 0.353 e. The molecule has 2 amide bonds. The molecule has 0 saturated carbocycles. The van der Waals surface area contributed by atoms with Crippen LogP contribution in [0.3, 0.4) is 0 Å². The number of hydrogen-bond donors (Lipinski definition) is 2. The second-order valence-corrected chi connectivity index (χ2v) is 4.45. The Hall–Kier alpha value is -0.970. The van der Waals surface area contributed by atoms with Crippen molar-refractivity contribution in [3.8, 4) is 0 Å². The Bertz CT molecular complexity index is 452. The highest BCUT2D eigenvalue weighted by Gasteiger charge is 2.07.